The molecule has 0 saturated carbocycles. The smallest absolute Gasteiger partial charge is 0.472 e. The van der Waals surface area contributed by atoms with E-state index in [4.69, 9.17) is 38.0 Å². The SMILES string of the molecule is CC(C)(C)OP(=O)(O)OCCCCCCCC(=O)CCS/C(C(N)=O)=C(\SCCC(=O)CCCOCCOCCOCCOP(=O)(O)OC(C)(C)C)C(=O)O. The van der Waals surface area contributed by atoms with Crippen LogP contribution in [0.1, 0.15) is 106 Å². The summed E-state index contributed by atoms with van der Waals surface area (Å²) >= 11 is 1.77. The Bertz CT molecular complexity index is 1290. The Morgan fingerprint density at radius 2 is 0.945 bits per heavy atom. The number of carbonyl (C=O) groups excluding carboxylic acids is 3. The summed E-state index contributed by atoms with van der Waals surface area (Å²) in [5.74, 6) is -2.05. The number of hydrogen-bond donors (Lipinski definition) is 4. The third kappa shape index (κ3) is 33.5. The van der Waals surface area contributed by atoms with Crippen LogP contribution in [0.4, 0.5) is 0 Å². The molecule has 55 heavy (non-hydrogen) atoms. The molecule has 0 aliphatic carbocycles. The van der Waals surface area contributed by atoms with Gasteiger partial charge in [-0.15, -0.1) is 23.5 Å². The van der Waals surface area contributed by atoms with Crippen LogP contribution in [0.2, 0.25) is 0 Å². The number of nitrogens with two attached hydrogens (primary N) is 1. The zero-order chi connectivity index (χ0) is 42.0. The summed E-state index contributed by atoms with van der Waals surface area (Å²) in [6, 6.07) is 0. The molecular formula is C34H63NO16P2S2. The Kier molecular flexibility index (Phi) is 28.5. The number of ether oxygens (including phenoxy) is 3. The van der Waals surface area contributed by atoms with Crippen molar-refractivity contribution in [3.63, 3.8) is 0 Å². The van der Waals surface area contributed by atoms with Gasteiger partial charge in [-0.3, -0.25) is 32.5 Å². The lowest BCUT2D eigenvalue weighted by atomic mass is 10.1. The van der Waals surface area contributed by atoms with Crippen molar-refractivity contribution in [1.82, 2.24) is 0 Å². The first-order valence-corrected chi connectivity index (χ1v) is 23.2. The van der Waals surface area contributed by atoms with Crippen LogP contribution in [-0.4, -0.2) is 114 Å². The van der Waals surface area contributed by atoms with Crippen LogP contribution in [0.5, 0.6) is 0 Å². The van der Waals surface area contributed by atoms with Crippen LogP contribution in [-0.2, 0) is 60.6 Å². The fourth-order valence-corrected chi connectivity index (χ4v) is 8.55. The molecule has 0 heterocycles. The largest absolute Gasteiger partial charge is 0.477 e. The number of carboxylic acids is 1. The molecule has 2 unspecified atom stereocenters. The number of carboxylic acid groups (broad SMARTS) is 1. The van der Waals surface area contributed by atoms with Crippen LogP contribution >= 0.6 is 39.2 Å². The molecule has 2 atom stereocenters. The summed E-state index contributed by atoms with van der Waals surface area (Å²) < 4.78 is 59.5. The van der Waals surface area contributed by atoms with E-state index >= 15 is 0 Å². The molecule has 0 rings (SSSR count). The highest BCUT2D eigenvalue weighted by Gasteiger charge is 2.29. The van der Waals surface area contributed by atoms with Crippen LogP contribution in [0.25, 0.3) is 0 Å². The van der Waals surface area contributed by atoms with Crippen molar-refractivity contribution in [1.29, 1.82) is 0 Å². The summed E-state index contributed by atoms with van der Waals surface area (Å²) in [6.07, 6.45) is 4.84. The molecule has 17 nitrogen and oxygen atoms in total. The number of unbranched alkanes of at least 4 members (excludes halogenated alkanes) is 4. The van der Waals surface area contributed by atoms with Gasteiger partial charge in [-0.25, -0.2) is 13.9 Å². The molecule has 5 N–H and O–H groups in total. The van der Waals surface area contributed by atoms with Crippen molar-refractivity contribution >= 4 is 62.6 Å². The van der Waals surface area contributed by atoms with Crippen LogP contribution < -0.4 is 5.73 Å². The zero-order valence-corrected chi connectivity index (χ0v) is 36.5. The average molecular weight is 868 g/mol. The normalized spacial score (nSPS) is 14.9. The average Bonchev–Trinajstić information content (AvgIpc) is 3.02. The van der Waals surface area contributed by atoms with Crippen molar-refractivity contribution in [3.05, 3.63) is 9.81 Å². The van der Waals surface area contributed by atoms with Gasteiger partial charge in [0, 0.05) is 43.8 Å². The molecule has 0 aliphatic rings. The van der Waals surface area contributed by atoms with E-state index in [0.717, 1.165) is 42.8 Å². The van der Waals surface area contributed by atoms with E-state index < -0.39 is 38.7 Å². The molecule has 0 spiro atoms. The Balaban J connectivity index is 4.15. The number of ketones is 2. The molecule has 322 valence electrons. The molecular weight excluding hydrogens is 804 g/mol. The van der Waals surface area contributed by atoms with Gasteiger partial charge in [-0.05, 0) is 60.8 Å². The lowest BCUT2D eigenvalue weighted by Crippen LogP contribution is -2.19. The van der Waals surface area contributed by atoms with Gasteiger partial charge < -0.3 is 34.8 Å². The number of thioether (sulfide) groups is 2. The van der Waals surface area contributed by atoms with Crippen molar-refractivity contribution in [2.45, 2.75) is 117 Å². The molecule has 0 aliphatic heterocycles. The number of Topliss-reactive ketones (excluding diaryl/α,β-unsaturated/α-hetero) is 2. The predicted molar refractivity (Wildman–Crippen MR) is 211 cm³/mol. The second-order valence-electron chi connectivity index (χ2n) is 14.1. The number of hydrogen-bond acceptors (Lipinski definition) is 15. The quantitative estimate of drug-likeness (QED) is 0.0315. The number of rotatable bonds is 35. The lowest BCUT2D eigenvalue weighted by Gasteiger charge is -2.22. The number of amides is 1. The van der Waals surface area contributed by atoms with Gasteiger partial charge in [0.05, 0.1) is 62.4 Å². The number of phosphoric acid groups is 2. The molecule has 0 aromatic carbocycles. The van der Waals surface area contributed by atoms with Gasteiger partial charge in [0.15, 0.2) is 0 Å². The maximum absolute atomic E-state index is 12.3. The highest BCUT2D eigenvalue weighted by atomic mass is 32.2. The number of aliphatic carboxylic acids is 1. The molecule has 0 aromatic rings. The predicted octanol–water partition coefficient (Wildman–Crippen LogP) is 6.19. The monoisotopic (exact) mass is 867 g/mol. The summed E-state index contributed by atoms with van der Waals surface area (Å²) in [6.45, 7) is 11.4. The van der Waals surface area contributed by atoms with Crippen molar-refractivity contribution in [2.24, 2.45) is 5.73 Å². The van der Waals surface area contributed by atoms with E-state index in [1.807, 2.05) is 0 Å². The first-order chi connectivity index (χ1) is 25.5. The van der Waals surface area contributed by atoms with Gasteiger partial charge in [0.1, 0.15) is 16.5 Å². The minimum Gasteiger partial charge on any atom is -0.477 e. The topological polar surface area (TPSA) is 254 Å². The number of carbonyl (C=O) groups is 4. The van der Waals surface area contributed by atoms with E-state index in [1.54, 1.807) is 41.5 Å². The van der Waals surface area contributed by atoms with Gasteiger partial charge >= 0.3 is 21.6 Å². The minimum atomic E-state index is -4.15. The number of phosphoric ester groups is 2. The zero-order valence-electron chi connectivity index (χ0n) is 33.1. The van der Waals surface area contributed by atoms with Crippen molar-refractivity contribution in [2.75, 3.05) is 64.4 Å². The molecule has 0 radical (unpaired) electrons. The van der Waals surface area contributed by atoms with Gasteiger partial charge in [0.25, 0.3) is 5.91 Å². The van der Waals surface area contributed by atoms with Crippen molar-refractivity contribution in [3.8, 4) is 0 Å². The third-order valence-electron chi connectivity index (χ3n) is 6.48. The van der Waals surface area contributed by atoms with Gasteiger partial charge in [-0.1, -0.05) is 19.3 Å². The van der Waals surface area contributed by atoms with E-state index in [9.17, 15) is 43.2 Å². The van der Waals surface area contributed by atoms with Crippen LogP contribution in [0.15, 0.2) is 9.81 Å². The van der Waals surface area contributed by atoms with Crippen LogP contribution in [0, 0.1) is 0 Å². The second-order valence-corrected chi connectivity index (χ2v) is 19.0. The Morgan fingerprint density at radius 3 is 1.42 bits per heavy atom. The van der Waals surface area contributed by atoms with E-state index in [-0.39, 0.29) is 85.2 Å². The first-order valence-electron chi connectivity index (χ1n) is 18.2. The summed E-state index contributed by atoms with van der Waals surface area (Å²) in [7, 11) is -8.25. The minimum absolute atomic E-state index is 0.0262. The summed E-state index contributed by atoms with van der Waals surface area (Å²) in [5.41, 5.74) is 3.84. The maximum Gasteiger partial charge on any atom is 0.472 e. The third-order valence-corrected chi connectivity index (χ3v) is 11.4. The summed E-state index contributed by atoms with van der Waals surface area (Å²) in [4.78, 5) is 67.5. The lowest BCUT2D eigenvalue weighted by molar-refractivity contribution is -0.132. The van der Waals surface area contributed by atoms with E-state index in [0.29, 0.717) is 45.5 Å². The standard InChI is InChI=1S/C34H63NO16P2S2/c1-33(2,3)50-52(41,42)48-18-11-9-7-8-10-13-27(36)15-25-54-29(31(35)38)30(32(39)40)55-26-16-28(37)14-12-17-45-19-20-46-21-22-47-23-24-49-53(43,44)51-34(4,5)6/h7-26H2,1-6H3,(H2,35,38)(H,39,40)(H,41,42)(H,43,44)/b30-29-. The Morgan fingerprint density at radius 1 is 0.545 bits per heavy atom. The summed E-state index contributed by atoms with van der Waals surface area (Å²) in [5, 5.41) is 9.70. The molecule has 0 saturated heterocycles. The van der Waals surface area contributed by atoms with Crippen LogP contribution in [0.3, 0.4) is 0 Å². The van der Waals surface area contributed by atoms with Crippen molar-refractivity contribution < 1.29 is 75.5 Å². The molecule has 21 heteroatoms. The Hall–Kier alpha value is -1.18. The molecule has 0 fully saturated rings. The molecule has 1 amide bonds. The van der Waals surface area contributed by atoms with E-state index in [2.05, 4.69) is 0 Å². The fourth-order valence-electron chi connectivity index (χ4n) is 4.26. The highest BCUT2D eigenvalue weighted by molar-refractivity contribution is 8.07. The van der Waals surface area contributed by atoms with E-state index in [1.165, 1.54) is 0 Å². The highest BCUT2D eigenvalue weighted by Crippen LogP contribution is 2.47. The number of primary amides is 1. The molecule has 0 aromatic heterocycles. The maximum atomic E-state index is 12.3. The first kappa shape index (κ1) is 53.8. The second kappa shape index (κ2) is 29.1. The fraction of sp³-hybridized carbons (Fsp3) is 0.824. The molecule has 0 bridgehead atoms. The van der Waals surface area contributed by atoms with Gasteiger partial charge in [-0.2, -0.15) is 0 Å². The Labute approximate surface area is 334 Å². The van der Waals surface area contributed by atoms with Gasteiger partial charge in [0.2, 0.25) is 0 Å².